The van der Waals surface area contributed by atoms with E-state index in [9.17, 15) is 14.4 Å². The molecule has 32 heavy (non-hydrogen) atoms. The maximum Gasteiger partial charge on any atom is 0.330 e. The Balaban J connectivity index is 1.75. The van der Waals surface area contributed by atoms with E-state index in [-0.39, 0.29) is 29.0 Å². The highest BCUT2D eigenvalue weighted by atomic mass is 16.5. The average Bonchev–Trinajstić information content (AvgIpc) is 2.78. The van der Waals surface area contributed by atoms with Gasteiger partial charge in [-0.25, -0.2) is 9.78 Å². The SMILES string of the molecule is COc1ccc(Cn2c(=O)[nH]c(=O)c3cc(C(=O)Nc4ccc(C)cc4)c(C)nc32)cc1. The minimum Gasteiger partial charge on any atom is -0.497 e. The lowest BCUT2D eigenvalue weighted by atomic mass is 10.1. The van der Waals surface area contributed by atoms with E-state index in [2.05, 4.69) is 15.3 Å². The molecule has 0 aliphatic rings. The van der Waals surface area contributed by atoms with Crippen molar-refractivity contribution in [3.05, 3.63) is 97.8 Å². The van der Waals surface area contributed by atoms with Gasteiger partial charge in [0, 0.05) is 5.69 Å². The number of amides is 1. The van der Waals surface area contributed by atoms with Crippen LogP contribution in [0.3, 0.4) is 0 Å². The molecule has 8 heteroatoms. The molecule has 8 nitrogen and oxygen atoms in total. The van der Waals surface area contributed by atoms with Crippen LogP contribution in [0.2, 0.25) is 0 Å². The molecule has 0 spiro atoms. The molecule has 1 amide bonds. The van der Waals surface area contributed by atoms with Gasteiger partial charge in [-0.1, -0.05) is 29.8 Å². The van der Waals surface area contributed by atoms with Crippen molar-refractivity contribution >= 4 is 22.6 Å². The molecule has 0 radical (unpaired) electrons. The van der Waals surface area contributed by atoms with Crippen molar-refractivity contribution in [1.29, 1.82) is 0 Å². The number of pyridine rings is 1. The molecule has 0 atom stereocenters. The standard InChI is InChI=1S/C24H22N4O4/c1-14-4-8-17(9-5-14)26-22(29)19-12-20-21(25-15(19)2)28(24(31)27-23(20)30)13-16-6-10-18(32-3)11-7-16/h4-12H,13H2,1-3H3,(H,26,29)(H,27,30,31). The van der Waals surface area contributed by atoms with Crippen LogP contribution >= 0.6 is 0 Å². The lowest BCUT2D eigenvalue weighted by Crippen LogP contribution is -2.32. The summed E-state index contributed by atoms with van der Waals surface area (Å²) in [5.74, 6) is 0.318. The minimum atomic E-state index is -0.590. The third-order valence-corrected chi connectivity index (χ3v) is 5.21. The van der Waals surface area contributed by atoms with Crippen molar-refractivity contribution in [1.82, 2.24) is 14.5 Å². The number of methoxy groups -OCH3 is 1. The third kappa shape index (κ3) is 4.15. The van der Waals surface area contributed by atoms with Crippen LogP contribution in [0.25, 0.3) is 11.0 Å². The summed E-state index contributed by atoms with van der Waals surface area (Å²) >= 11 is 0. The molecular formula is C24H22N4O4. The monoisotopic (exact) mass is 430 g/mol. The van der Waals surface area contributed by atoms with E-state index in [1.54, 1.807) is 38.3 Å². The first-order chi connectivity index (χ1) is 15.4. The Kier molecular flexibility index (Phi) is 5.59. The van der Waals surface area contributed by atoms with Gasteiger partial charge in [-0.05, 0) is 49.7 Å². The van der Waals surface area contributed by atoms with Gasteiger partial charge in [0.15, 0.2) is 0 Å². The second-order valence-corrected chi connectivity index (χ2v) is 7.51. The first-order valence-corrected chi connectivity index (χ1v) is 10.0. The Bertz CT molecular complexity index is 1420. The number of nitrogens with zero attached hydrogens (tertiary/aromatic N) is 2. The molecule has 162 valence electrons. The second-order valence-electron chi connectivity index (χ2n) is 7.51. The van der Waals surface area contributed by atoms with Gasteiger partial charge in [-0.15, -0.1) is 0 Å². The highest BCUT2D eigenvalue weighted by Crippen LogP contribution is 2.17. The van der Waals surface area contributed by atoms with Gasteiger partial charge in [0.1, 0.15) is 11.4 Å². The van der Waals surface area contributed by atoms with E-state index < -0.39 is 11.2 Å². The minimum absolute atomic E-state index is 0.165. The highest BCUT2D eigenvalue weighted by molar-refractivity contribution is 6.06. The number of hydrogen-bond donors (Lipinski definition) is 2. The Morgan fingerprint density at radius 2 is 1.75 bits per heavy atom. The van der Waals surface area contributed by atoms with Gasteiger partial charge in [0.25, 0.3) is 11.5 Å². The maximum atomic E-state index is 12.8. The summed E-state index contributed by atoms with van der Waals surface area (Å²) in [6.07, 6.45) is 0. The van der Waals surface area contributed by atoms with Crippen molar-refractivity contribution in [2.45, 2.75) is 20.4 Å². The first-order valence-electron chi connectivity index (χ1n) is 10.0. The number of fused-ring (bicyclic) bond motifs is 1. The fraction of sp³-hybridized carbons (Fsp3) is 0.167. The Morgan fingerprint density at radius 1 is 1.06 bits per heavy atom. The summed E-state index contributed by atoms with van der Waals surface area (Å²) in [4.78, 5) is 44.7. The Morgan fingerprint density at radius 3 is 2.41 bits per heavy atom. The molecule has 0 aliphatic carbocycles. The molecule has 2 N–H and O–H groups in total. The molecule has 2 heterocycles. The largest absolute Gasteiger partial charge is 0.497 e. The van der Waals surface area contributed by atoms with Crippen molar-refractivity contribution in [3.8, 4) is 5.75 Å². The molecule has 0 bridgehead atoms. The van der Waals surface area contributed by atoms with Gasteiger partial charge in [0.2, 0.25) is 0 Å². The third-order valence-electron chi connectivity index (χ3n) is 5.21. The van der Waals surface area contributed by atoms with Crippen molar-refractivity contribution < 1.29 is 9.53 Å². The number of rotatable bonds is 5. The molecule has 0 fully saturated rings. The summed E-state index contributed by atoms with van der Waals surface area (Å²) in [6, 6.07) is 16.1. The number of ether oxygens (including phenoxy) is 1. The molecule has 4 aromatic rings. The van der Waals surface area contributed by atoms with E-state index in [1.165, 1.54) is 10.6 Å². The van der Waals surface area contributed by atoms with E-state index in [0.29, 0.717) is 17.1 Å². The van der Waals surface area contributed by atoms with Crippen molar-refractivity contribution in [3.63, 3.8) is 0 Å². The van der Waals surface area contributed by atoms with Gasteiger partial charge in [-0.3, -0.25) is 19.1 Å². The maximum absolute atomic E-state index is 12.8. The van der Waals surface area contributed by atoms with Crippen LogP contribution < -0.4 is 21.3 Å². The summed E-state index contributed by atoms with van der Waals surface area (Å²) < 4.78 is 6.54. The molecule has 0 saturated heterocycles. The Labute approximate surface area is 183 Å². The zero-order valence-corrected chi connectivity index (χ0v) is 17.9. The van der Waals surface area contributed by atoms with Crippen LogP contribution in [0, 0.1) is 13.8 Å². The van der Waals surface area contributed by atoms with E-state index >= 15 is 0 Å². The van der Waals surface area contributed by atoms with Gasteiger partial charge < -0.3 is 10.1 Å². The summed E-state index contributed by atoms with van der Waals surface area (Å²) in [5, 5.41) is 2.98. The Hall–Kier alpha value is -4.20. The highest BCUT2D eigenvalue weighted by Gasteiger charge is 2.17. The van der Waals surface area contributed by atoms with E-state index in [0.717, 1.165) is 11.1 Å². The molecule has 2 aromatic heterocycles. The topological polar surface area (TPSA) is 106 Å². The number of nitrogens with one attached hydrogen (secondary N) is 2. The number of aromatic nitrogens is 3. The number of carbonyl (C=O) groups excluding carboxylic acids is 1. The number of carbonyl (C=O) groups is 1. The lowest BCUT2D eigenvalue weighted by molar-refractivity contribution is 0.102. The molecule has 0 aliphatic heterocycles. The van der Waals surface area contributed by atoms with Gasteiger partial charge in [0.05, 0.1) is 30.3 Å². The number of benzene rings is 2. The van der Waals surface area contributed by atoms with Crippen molar-refractivity contribution in [2.75, 3.05) is 12.4 Å². The summed E-state index contributed by atoms with van der Waals surface area (Å²) in [6.45, 7) is 3.84. The van der Waals surface area contributed by atoms with Gasteiger partial charge >= 0.3 is 5.69 Å². The second kappa shape index (κ2) is 8.50. The predicted molar refractivity (Wildman–Crippen MR) is 123 cm³/mol. The zero-order chi connectivity index (χ0) is 22.8. The first kappa shape index (κ1) is 21.0. The number of hydrogen-bond acceptors (Lipinski definition) is 5. The normalized spacial score (nSPS) is 10.8. The number of H-pyrrole nitrogens is 1. The van der Waals surface area contributed by atoms with Crippen molar-refractivity contribution in [2.24, 2.45) is 0 Å². The zero-order valence-electron chi connectivity index (χ0n) is 17.9. The predicted octanol–water partition coefficient (Wildman–Crippen LogP) is 3.01. The van der Waals surface area contributed by atoms with Crippen LogP contribution in [-0.4, -0.2) is 27.6 Å². The van der Waals surface area contributed by atoms with Crippen LogP contribution in [0.15, 0.2) is 64.2 Å². The van der Waals surface area contributed by atoms with Crippen LogP contribution in [0.4, 0.5) is 5.69 Å². The molecular weight excluding hydrogens is 408 g/mol. The quantitative estimate of drug-likeness (QED) is 0.506. The lowest BCUT2D eigenvalue weighted by Gasteiger charge is -2.12. The van der Waals surface area contributed by atoms with E-state index in [1.807, 2.05) is 31.2 Å². The van der Waals surface area contributed by atoms with Crippen LogP contribution in [0.1, 0.15) is 27.2 Å². The average molecular weight is 430 g/mol. The van der Waals surface area contributed by atoms with Crippen LogP contribution in [0.5, 0.6) is 5.75 Å². The fourth-order valence-corrected chi connectivity index (χ4v) is 3.42. The van der Waals surface area contributed by atoms with Gasteiger partial charge in [-0.2, -0.15) is 0 Å². The fourth-order valence-electron chi connectivity index (χ4n) is 3.42. The molecule has 2 aromatic carbocycles. The number of aryl methyl sites for hydroxylation is 2. The molecule has 4 rings (SSSR count). The number of anilines is 1. The van der Waals surface area contributed by atoms with E-state index in [4.69, 9.17) is 4.74 Å². The smallest absolute Gasteiger partial charge is 0.330 e. The summed E-state index contributed by atoms with van der Waals surface area (Å²) in [5.41, 5.74) is 2.29. The summed E-state index contributed by atoms with van der Waals surface area (Å²) in [7, 11) is 1.58. The molecule has 0 unspecified atom stereocenters. The molecule has 0 saturated carbocycles. The number of aromatic amines is 1. The van der Waals surface area contributed by atoms with Crippen LogP contribution in [-0.2, 0) is 6.54 Å².